The van der Waals surface area contributed by atoms with Gasteiger partial charge in [-0.15, -0.1) is 0 Å². The summed E-state index contributed by atoms with van der Waals surface area (Å²) in [6, 6.07) is 3.31. The van der Waals surface area contributed by atoms with Crippen LogP contribution in [0.1, 0.15) is 37.9 Å². The maximum atomic E-state index is 13.5. The summed E-state index contributed by atoms with van der Waals surface area (Å²) < 4.78 is 13.5. The first-order chi connectivity index (χ1) is 7.51. The Labute approximate surface area is 97.3 Å². The Bertz CT molecular complexity index is 357. The molecule has 0 amide bonds. The van der Waals surface area contributed by atoms with Crippen molar-refractivity contribution in [3.63, 3.8) is 0 Å². The van der Waals surface area contributed by atoms with Gasteiger partial charge in [-0.05, 0) is 51.0 Å². The minimum atomic E-state index is -0.178. The molecule has 0 radical (unpaired) electrons. The fourth-order valence-corrected chi connectivity index (χ4v) is 1.88. The van der Waals surface area contributed by atoms with Gasteiger partial charge in [-0.1, -0.05) is 0 Å². The zero-order valence-electron chi connectivity index (χ0n) is 10.5. The first-order valence-corrected chi connectivity index (χ1v) is 5.81. The largest absolute Gasteiger partial charge is 0.372 e. The smallest absolute Gasteiger partial charge is 0.126 e. The van der Waals surface area contributed by atoms with Gasteiger partial charge in [0.1, 0.15) is 5.82 Å². The number of anilines is 1. The van der Waals surface area contributed by atoms with Crippen molar-refractivity contribution < 1.29 is 4.39 Å². The van der Waals surface area contributed by atoms with E-state index in [4.69, 9.17) is 5.73 Å². The molecule has 2 nitrogen and oxygen atoms in total. The van der Waals surface area contributed by atoms with E-state index in [-0.39, 0.29) is 11.9 Å². The van der Waals surface area contributed by atoms with Crippen LogP contribution < -0.4 is 10.6 Å². The van der Waals surface area contributed by atoms with Crippen molar-refractivity contribution in [1.82, 2.24) is 0 Å². The molecule has 0 aliphatic carbocycles. The van der Waals surface area contributed by atoms with Crippen LogP contribution in [0.15, 0.2) is 12.1 Å². The molecule has 0 bridgehead atoms. The van der Waals surface area contributed by atoms with Crippen LogP contribution in [0.4, 0.5) is 10.1 Å². The van der Waals surface area contributed by atoms with Gasteiger partial charge in [0.2, 0.25) is 0 Å². The predicted molar refractivity (Wildman–Crippen MR) is 67.3 cm³/mol. The molecule has 1 rings (SSSR count). The van der Waals surface area contributed by atoms with Crippen LogP contribution in [0.5, 0.6) is 0 Å². The quantitative estimate of drug-likeness (QED) is 0.852. The molecule has 0 aliphatic heterocycles. The lowest BCUT2D eigenvalue weighted by Crippen LogP contribution is -2.25. The number of hydrogen-bond donors (Lipinski definition) is 1. The first kappa shape index (κ1) is 13.0. The molecule has 1 aromatic carbocycles. The summed E-state index contributed by atoms with van der Waals surface area (Å²) in [5.41, 5.74) is 8.50. The molecule has 0 saturated heterocycles. The van der Waals surface area contributed by atoms with Crippen molar-refractivity contribution in [2.45, 2.75) is 33.7 Å². The topological polar surface area (TPSA) is 29.3 Å². The van der Waals surface area contributed by atoms with Gasteiger partial charge in [-0.3, -0.25) is 0 Å². The van der Waals surface area contributed by atoms with Crippen molar-refractivity contribution in [2.24, 2.45) is 5.73 Å². The highest BCUT2D eigenvalue weighted by atomic mass is 19.1. The highest BCUT2D eigenvalue weighted by molar-refractivity contribution is 5.57. The van der Waals surface area contributed by atoms with Crippen molar-refractivity contribution in [3.8, 4) is 0 Å². The average molecular weight is 224 g/mol. The summed E-state index contributed by atoms with van der Waals surface area (Å²) >= 11 is 0. The monoisotopic (exact) mass is 224 g/mol. The molecular weight excluding hydrogens is 203 g/mol. The molecule has 2 N–H and O–H groups in total. The van der Waals surface area contributed by atoms with Crippen molar-refractivity contribution in [3.05, 3.63) is 29.1 Å². The Morgan fingerprint density at radius 2 is 1.88 bits per heavy atom. The molecule has 1 unspecified atom stereocenters. The SMILES string of the molecule is CCN(CC)c1cc(C)c(F)cc1C(C)N. The predicted octanol–water partition coefficient (Wildman–Crippen LogP) is 3.00. The van der Waals surface area contributed by atoms with Crippen LogP contribution in [0, 0.1) is 12.7 Å². The Morgan fingerprint density at radius 1 is 1.31 bits per heavy atom. The van der Waals surface area contributed by atoms with E-state index in [1.54, 1.807) is 13.0 Å². The van der Waals surface area contributed by atoms with Gasteiger partial charge in [0, 0.05) is 24.8 Å². The molecule has 1 aromatic rings. The van der Waals surface area contributed by atoms with Crippen LogP contribution in [-0.4, -0.2) is 13.1 Å². The van der Waals surface area contributed by atoms with E-state index in [9.17, 15) is 4.39 Å². The number of hydrogen-bond acceptors (Lipinski definition) is 2. The normalized spacial score (nSPS) is 12.6. The van der Waals surface area contributed by atoms with Crippen molar-refractivity contribution >= 4 is 5.69 Å². The summed E-state index contributed by atoms with van der Waals surface area (Å²) in [6.07, 6.45) is 0. The summed E-state index contributed by atoms with van der Waals surface area (Å²) in [4.78, 5) is 2.20. The Hall–Kier alpha value is -1.09. The maximum Gasteiger partial charge on any atom is 0.126 e. The van der Waals surface area contributed by atoms with Crippen LogP contribution >= 0.6 is 0 Å². The van der Waals surface area contributed by atoms with E-state index in [0.29, 0.717) is 5.56 Å². The summed E-state index contributed by atoms with van der Waals surface area (Å²) in [7, 11) is 0. The Balaban J connectivity index is 3.29. The molecule has 1 atom stereocenters. The van der Waals surface area contributed by atoms with Gasteiger partial charge in [-0.25, -0.2) is 4.39 Å². The van der Waals surface area contributed by atoms with E-state index >= 15 is 0 Å². The molecule has 0 spiro atoms. The van der Waals surface area contributed by atoms with E-state index in [1.165, 1.54) is 0 Å². The number of benzene rings is 1. The fraction of sp³-hybridized carbons (Fsp3) is 0.538. The number of rotatable bonds is 4. The van der Waals surface area contributed by atoms with E-state index < -0.39 is 0 Å². The molecule has 0 saturated carbocycles. The van der Waals surface area contributed by atoms with Gasteiger partial charge in [0.25, 0.3) is 0 Å². The second kappa shape index (κ2) is 5.30. The molecule has 16 heavy (non-hydrogen) atoms. The van der Waals surface area contributed by atoms with Gasteiger partial charge in [-0.2, -0.15) is 0 Å². The molecule has 90 valence electrons. The number of nitrogens with zero attached hydrogens (tertiary/aromatic N) is 1. The Kier molecular flexibility index (Phi) is 4.30. The van der Waals surface area contributed by atoms with Gasteiger partial charge < -0.3 is 10.6 Å². The number of halogens is 1. The molecular formula is C13H21FN2. The van der Waals surface area contributed by atoms with Gasteiger partial charge in [0.15, 0.2) is 0 Å². The molecule has 0 aliphatic rings. The molecule has 0 fully saturated rings. The van der Waals surface area contributed by atoms with E-state index in [0.717, 1.165) is 24.3 Å². The van der Waals surface area contributed by atoms with Crippen molar-refractivity contribution in [1.29, 1.82) is 0 Å². The lowest BCUT2D eigenvalue weighted by atomic mass is 10.0. The van der Waals surface area contributed by atoms with Crippen molar-refractivity contribution in [2.75, 3.05) is 18.0 Å². The van der Waals surface area contributed by atoms with Gasteiger partial charge in [0.05, 0.1) is 0 Å². The van der Waals surface area contributed by atoms with Crippen LogP contribution in [-0.2, 0) is 0 Å². The highest BCUT2D eigenvalue weighted by Gasteiger charge is 2.14. The lowest BCUT2D eigenvalue weighted by molar-refractivity contribution is 0.612. The zero-order chi connectivity index (χ0) is 12.3. The summed E-state index contributed by atoms with van der Waals surface area (Å²) in [6.45, 7) is 9.66. The standard InChI is InChI=1S/C13H21FN2/c1-5-16(6-2)13-7-9(3)12(14)8-11(13)10(4)15/h7-8,10H,5-6,15H2,1-4H3. The number of aryl methyl sites for hydroxylation is 1. The third kappa shape index (κ3) is 2.53. The molecule has 3 heteroatoms. The average Bonchev–Trinajstić information content (AvgIpc) is 2.24. The van der Waals surface area contributed by atoms with Crippen LogP contribution in [0.2, 0.25) is 0 Å². The fourth-order valence-electron chi connectivity index (χ4n) is 1.88. The van der Waals surface area contributed by atoms with Crippen LogP contribution in [0.25, 0.3) is 0 Å². The first-order valence-electron chi connectivity index (χ1n) is 5.81. The second-order valence-corrected chi connectivity index (χ2v) is 4.12. The van der Waals surface area contributed by atoms with E-state index in [1.807, 2.05) is 13.0 Å². The lowest BCUT2D eigenvalue weighted by Gasteiger charge is -2.26. The summed E-state index contributed by atoms with van der Waals surface area (Å²) in [5, 5.41) is 0. The molecule has 0 heterocycles. The third-order valence-electron chi connectivity index (χ3n) is 2.90. The third-order valence-corrected chi connectivity index (χ3v) is 2.90. The summed E-state index contributed by atoms with van der Waals surface area (Å²) in [5.74, 6) is -0.178. The minimum Gasteiger partial charge on any atom is -0.372 e. The minimum absolute atomic E-state index is 0.148. The van der Waals surface area contributed by atoms with Crippen LogP contribution in [0.3, 0.4) is 0 Å². The maximum absolute atomic E-state index is 13.5. The highest BCUT2D eigenvalue weighted by Crippen LogP contribution is 2.28. The second-order valence-electron chi connectivity index (χ2n) is 4.12. The number of nitrogens with two attached hydrogens (primary N) is 1. The zero-order valence-corrected chi connectivity index (χ0v) is 10.5. The molecule has 0 aromatic heterocycles. The van der Waals surface area contributed by atoms with E-state index in [2.05, 4.69) is 18.7 Å². The van der Waals surface area contributed by atoms with Gasteiger partial charge >= 0.3 is 0 Å². The Morgan fingerprint density at radius 3 is 2.31 bits per heavy atom.